The predicted molar refractivity (Wildman–Crippen MR) is 102 cm³/mol. The Morgan fingerprint density at radius 3 is 2.24 bits per heavy atom. The summed E-state index contributed by atoms with van der Waals surface area (Å²) in [4.78, 5) is 0. The number of rotatable bonds is 7. The molecule has 0 aliphatic heterocycles. The topological polar surface area (TPSA) is 55.4 Å². The number of methoxy groups -OCH3 is 1. The standard InChI is InChI=1S/C20H27NO3S/c1-14(2)18-12-19(15(3)11-20(18)24-5)16(4)21-25(22,23)13-17-9-7-6-8-10-17/h6-12,14,16,21H,13H2,1-5H3/t16-/m0/s1. The van der Waals surface area contributed by atoms with Crippen molar-refractivity contribution in [2.24, 2.45) is 0 Å². The van der Waals surface area contributed by atoms with Crippen LogP contribution in [0.3, 0.4) is 0 Å². The molecule has 0 fully saturated rings. The van der Waals surface area contributed by atoms with Gasteiger partial charge in [-0.15, -0.1) is 0 Å². The van der Waals surface area contributed by atoms with E-state index in [4.69, 9.17) is 4.74 Å². The van der Waals surface area contributed by atoms with Gasteiger partial charge in [0.15, 0.2) is 0 Å². The van der Waals surface area contributed by atoms with E-state index in [1.165, 1.54) is 0 Å². The number of nitrogens with one attached hydrogen (secondary N) is 1. The van der Waals surface area contributed by atoms with Gasteiger partial charge in [0, 0.05) is 6.04 Å². The fourth-order valence-electron chi connectivity index (χ4n) is 2.98. The van der Waals surface area contributed by atoms with Crippen LogP contribution in [0.5, 0.6) is 5.75 Å². The molecule has 0 unspecified atom stereocenters. The van der Waals surface area contributed by atoms with Crippen molar-refractivity contribution in [3.8, 4) is 5.75 Å². The highest BCUT2D eigenvalue weighted by Gasteiger charge is 2.20. The van der Waals surface area contributed by atoms with Crippen molar-refractivity contribution in [3.05, 3.63) is 64.7 Å². The van der Waals surface area contributed by atoms with Gasteiger partial charge in [-0.1, -0.05) is 44.2 Å². The van der Waals surface area contributed by atoms with Crippen molar-refractivity contribution < 1.29 is 13.2 Å². The fraction of sp³-hybridized carbons (Fsp3) is 0.400. The molecule has 0 amide bonds. The van der Waals surface area contributed by atoms with Gasteiger partial charge in [-0.2, -0.15) is 0 Å². The Hall–Kier alpha value is -1.85. The highest BCUT2D eigenvalue weighted by atomic mass is 32.2. The number of sulfonamides is 1. The number of ether oxygens (including phenoxy) is 1. The normalized spacial score (nSPS) is 13.0. The summed E-state index contributed by atoms with van der Waals surface area (Å²) in [5, 5.41) is 0. The Morgan fingerprint density at radius 1 is 1.04 bits per heavy atom. The molecule has 0 aliphatic rings. The minimum Gasteiger partial charge on any atom is -0.496 e. The third-order valence-corrected chi connectivity index (χ3v) is 5.69. The summed E-state index contributed by atoms with van der Waals surface area (Å²) in [5.74, 6) is 1.11. The van der Waals surface area contributed by atoms with E-state index < -0.39 is 10.0 Å². The Morgan fingerprint density at radius 2 is 1.68 bits per heavy atom. The minimum absolute atomic E-state index is 0.0234. The van der Waals surface area contributed by atoms with Crippen LogP contribution < -0.4 is 9.46 Å². The third-order valence-electron chi connectivity index (χ3n) is 4.26. The lowest BCUT2D eigenvalue weighted by Gasteiger charge is -2.21. The summed E-state index contributed by atoms with van der Waals surface area (Å²) in [7, 11) is -1.77. The van der Waals surface area contributed by atoms with Gasteiger partial charge in [0.25, 0.3) is 0 Å². The van der Waals surface area contributed by atoms with Crippen LogP contribution in [0, 0.1) is 6.92 Å². The molecule has 0 radical (unpaired) electrons. The lowest BCUT2D eigenvalue weighted by atomic mass is 9.94. The molecule has 2 aromatic rings. The zero-order chi connectivity index (χ0) is 18.6. The van der Waals surface area contributed by atoms with E-state index in [1.54, 1.807) is 7.11 Å². The summed E-state index contributed by atoms with van der Waals surface area (Å²) >= 11 is 0. The van der Waals surface area contributed by atoms with Gasteiger partial charge in [0.2, 0.25) is 10.0 Å². The number of hydrogen-bond acceptors (Lipinski definition) is 3. The van der Waals surface area contributed by atoms with Crippen LogP contribution in [0.4, 0.5) is 0 Å². The number of hydrogen-bond donors (Lipinski definition) is 1. The maximum atomic E-state index is 12.5. The zero-order valence-electron chi connectivity index (χ0n) is 15.5. The Labute approximate surface area is 151 Å². The van der Waals surface area contributed by atoms with E-state index in [0.717, 1.165) is 28.0 Å². The van der Waals surface area contributed by atoms with Crippen LogP contribution in [0.15, 0.2) is 42.5 Å². The Balaban J connectivity index is 2.25. The van der Waals surface area contributed by atoms with E-state index in [2.05, 4.69) is 24.6 Å². The molecule has 0 saturated carbocycles. The quantitative estimate of drug-likeness (QED) is 0.799. The average Bonchev–Trinajstić information content (AvgIpc) is 2.53. The van der Waals surface area contributed by atoms with Gasteiger partial charge in [-0.25, -0.2) is 13.1 Å². The lowest BCUT2D eigenvalue weighted by Crippen LogP contribution is -2.28. The highest BCUT2D eigenvalue weighted by molar-refractivity contribution is 7.88. The summed E-state index contributed by atoms with van der Waals surface area (Å²) in [5.41, 5.74) is 3.84. The van der Waals surface area contributed by atoms with E-state index in [1.807, 2.05) is 50.2 Å². The SMILES string of the molecule is COc1cc(C)c([C@H](C)NS(=O)(=O)Cc2ccccc2)cc1C(C)C. The zero-order valence-corrected chi connectivity index (χ0v) is 16.4. The molecule has 5 heteroatoms. The van der Waals surface area contributed by atoms with E-state index in [0.29, 0.717) is 5.92 Å². The van der Waals surface area contributed by atoms with Crippen molar-refractivity contribution in [1.82, 2.24) is 4.72 Å². The van der Waals surface area contributed by atoms with Gasteiger partial charge < -0.3 is 4.74 Å². The monoisotopic (exact) mass is 361 g/mol. The maximum Gasteiger partial charge on any atom is 0.216 e. The predicted octanol–water partition coefficient (Wildman–Crippen LogP) is 4.31. The van der Waals surface area contributed by atoms with Gasteiger partial charge in [0.1, 0.15) is 5.75 Å². The molecule has 0 heterocycles. The van der Waals surface area contributed by atoms with E-state index in [-0.39, 0.29) is 11.8 Å². The molecule has 1 atom stereocenters. The smallest absolute Gasteiger partial charge is 0.216 e. The van der Waals surface area contributed by atoms with Crippen molar-refractivity contribution in [1.29, 1.82) is 0 Å². The molecule has 2 rings (SSSR count). The minimum atomic E-state index is -3.43. The molecule has 0 saturated heterocycles. The second-order valence-corrected chi connectivity index (χ2v) is 8.44. The first-order valence-electron chi connectivity index (χ1n) is 8.46. The average molecular weight is 362 g/mol. The van der Waals surface area contributed by atoms with Gasteiger partial charge in [0.05, 0.1) is 12.9 Å². The summed E-state index contributed by atoms with van der Waals surface area (Å²) in [6.45, 7) is 8.05. The van der Waals surface area contributed by atoms with Crippen molar-refractivity contribution in [2.45, 2.75) is 45.4 Å². The molecule has 1 N–H and O–H groups in total. The van der Waals surface area contributed by atoms with Gasteiger partial charge in [-0.3, -0.25) is 0 Å². The Kier molecular flexibility index (Phi) is 6.25. The van der Waals surface area contributed by atoms with E-state index >= 15 is 0 Å². The van der Waals surface area contributed by atoms with Crippen LogP contribution in [-0.2, 0) is 15.8 Å². The number of aryl methyl sites for hydroxylation is 1. The van der Waals surface area contributed by atoms with E-state index in [9.17, 15) is 8.42 Å². The molecule has 0 aromatic heterocycles. The van der Waals surface area contributed by atoms with Gasteiger partial charge >= 0.3 is 0 Å². The van der Waals surface area contributed by atoms with Crippen LogP contribution in [0.2, 0.25) is 0 Å². The van der Waals surface area contributed by atoms with Gasteiger partial charge in [-0.05, 0) is 54.2 Å². The third kappa shape index (κ3) is 5.06. The largest absolute Gasteiger partial charge is 0.496 e. The van der Waals surface area contributed by atoms with Crippen molar-refractivity contribution in [3.63, 3.8) is 0 Å². The van der Waals surface area contributed by atoms with Crippen molar-refractivity contribution >= 4 is 10.0 Å². The number of benzene rings is 2. The Bertz CT molecular complexity index is 814. The molecule has 25 heavy (non-hydrogen) atoms. The second-order valence-electron chi connectivity index (χ2n) is 6.69. The van der Waals surface area contributed by atoms with Crippen LogP contribution in [0.25, 0.3) is 0 Å². The molecular weight excluding hydrogens is 334 g/mol. The lowest BCUT2D eigenvalue weighted by molar-refractivity contribution is 0.406. The van der Waals surface area contributed by atoms with Crippen LogP contribution in [0.1, 0.15) is 55.0 Å². The summed E-state index contributed by atoms with van der Waals surface area (Å²) < 4.78 is 33.3. The second kappa shape index (κ2) is 8.02. The first-order chi connectivity index (χ1) is 11.7. The van der Waals surface area contributed by atoms with Crippen LogP contribution >= 0.6 is 0 Å². The molecular formula is C20H27NO3S. The fourth-order valence-corrected chi connectivity index (χ4v) is 4.36. The molecule has 2 aromatic carbocycles. The molecule has 0 aliphatic carbocycles. The molecule has 4 nitrogen and oxygen atoms in total. The first kappa shape index (κ1) is 19.5. The molecule has 0 bridgehead atoms. The van der Waals surface area contributed by atoms with Crippen LogP contribution in [-0.4, -0.2) is 15.5 Å². The summed E-state index contributed by atoms with van der Waals surface area (Å²) in [6, 6.07) is 12.9. The van der Waals surface area contributed by atoms with Crippen molar-refractivity contribution in [2.75, 3.05) is 7.11 Å². The maximum absolute atomic E-state index is 12.5. The first-order valence-corrected chi connectivity index (χ1v) is 10.1. The highest BCUT2D eigenvalue weighted by Crippen LogP contribution is 2.32. The summed E-state index contributed by atoms with van der Waals surface area (Å²) in [6.07, 6.45) is 0. The molecule has 0 spiro atoms. The molecule has 136 valence electrons.